The van der Waals surface area contributed by atoms with Gasteiger partial charge in [0, 0.05) is 13.2 Å². The predicted octanol–water partition coefficient (Wildman–Crippen LogP) is 2.20. The number of nitrogens with zero attached hydrogens (tertiary/aromatic N) is 1. The molecule has 4 amide bonds. The van der Waals surface area contributed by atoms with Crippen LogP contribution in [0.5, 0.6) is 0 Å². The third-order valence-electron chi connectivity index (χ3n) is 6.95. The summed E-state index contributed by atoms with van der Waals surface area (Å²) in [6, 6.07) is -0.444. The largest absolute Gasteiger partial charge is 0.376 e. The lowest BCUT2D eigenvalue weighted by atomic mass is 9.65. The molecule has 2 aliphatic heterocycles. The standard InChI is InChI=1S/C20H33N3O4/c1-4-19(2,3)14-7-9-20(10-8-14)17(25)23(18(26)22-20)13-16(24)21-12-15-6-5-11-27-15/h14-15H,4-13H2,1-3H3,(H,21,24)(H,22,26)/t14?,15-,20?/m0/s1. The molecule has 0 radical (unpaired) electrons. The smallest absolute Gasteiger partial charge is 0.325 e. The van der Waals surface area contributed by atoms with Gasteiger partial charge < -0.3 is 15.4 Å². The second-order valence-corrected chi connectivity index (χ2v) is 8.96. The number of rotatable bonds is 6. The van der Waals surface area contributed by atoms with Gasteiger partial charge in [-0.1, -0.05) is 27.2 Å². The lowest BCUT2D eigenvalue weighted by molar-refractivity contribution is -0.136. The van der Waals surface area contributed by atoms with Crippen molar-refractivity contribution in [2.75, 3.05) is 19.7 Å². The molecule has 152 valence electrons. The van der Waals surface area contributed by atoms with Gasteiger partial charge in [0.1, 0.15) is 12.1 Å². The minimum absolute atomic E-state index is 0.0422. The summed E-state index contributed by atoms with van der Waals surface area (Å²) in [4.78, 5) is 38.6. The minimum Gasteiger partial charge on any atom is -0.376 e. The maximum atomic E-state index is 13.0. The van der Waals surface area contributed by atoms with Gasteiger partial charge in [0.15, 0.2) is 0 Å². The molecule has 0 bridgehead atoms. The Morgan fingerprint density at radius 1 is 1.30 bits per heavy atom. The second kappa shape index (κ2) is 7.78. The first-order chi connectivity index (χ1) is 12.8. The molecule has 1 aliphatic carbocycles. The van der Waals surface area contributed by atoms with Crippen molar-refractivity contribution in [1.29, 1.82) is 0 Å². The first-order valence-corrected chi connectivity index (χ1v) is 10.3. The van der Waals surface area contributed by atoms with Gasteiger partial charge in [0.2, 0.25) is 5.91 Å². The van der Waals surface area contributed by atoms with Crippen LogP contribution < -0.4 is 10.6 Å². The first-order valence-electron chi connectivity index (χ1n) is 10.3. The van der Waals surface area contributed by atoms with Crippen LogP contribution in [-0.4, -0.2) is 54.1 Å². The summed E-state index contributed by atoms with van der Waals surface area (Å²) in [6.45, 7) is 7.69. The van der Waals surface area contributed by atoms with Crippen LogP contribution in [0.25, 0.3) is 0 Å². The van der Waals surface area contributed by atoms with Crippen molar-refractivity contribution in [2.24, 2.45) is 11.3 Å². The van der Waals surface area contributed by atoms with Crippen molar-refractivity contribution in [3.05, 3.63) is 0 Å². The Bertz CT molecular complexity index is 590. The van der Waals surface area contributed by atoms with E-state index in [4.69, 9.17) is 4.74 Å². The molecule has 2 saturated heterocycles. The molecule has 27 heavy (non-hydrogen) atoms. The fourth-order valence-corrected chi connectivity index (χ4v) is 4.57. The summed E-state index contributed by atoms with van der Waals surface area (Å²) in [5, 5.41) is 5.68. The van der Waals surface area contributed by atoms with Gasteiger partial charge in [-0.15, -0.1) is 0 Å². The van der Waals surface area contributed by atoms with E-state index in [0.717, 1.165) is 43.6 Å². The molecule has 1 saturated carbocycles. The highest BCUT2D eigenvalue weighted by Crippen LogP contribution is 2.45. The summed E-state index contributed by atoms with van der Waals surface area (Å²) in [6.07, 6.45) is 6.23. The first kappa shape index (κ1) is 20.1. The molecule has 1 spiro atoms. The van der Waals surface area contributed by atoms with Crippen LogP contribution in [-0.2, 0) is 14.3 Å². The fourth-order valence-electron chi connectivity index (χ4n) is 4.57. The molecular weight excluding hydrogens is 346 g/mol. The van der Waals surface area contributed by atoms with E-state index in [0.29, 0.717) is 25.3 Å². The summed E-state index contributed by atoms with van der Waals surface area (Å²) < 4.78 is 5.48. The molecule has 0 aromatic rings. The Kier molecular flexibility index (Phi) is 5.79. The van der Waals surface area contributed by atoms with E-state index in [1.54, 1.807) is 0 Å². The van der Waals surface area contributed by atoms with Crippen molar-refractivity contribution >= 4 is 17.8 Å². The molecule has 2 N–H and O–H groups in total. The number of imide groups is 1. The molecule has 3 rings (SSSR count). The van der Waals surface area contributed by atoms with E-state index in [1.165, 1.54) is 0 Å². The van der Waals surface area contributed by atoms with Crippen molar-refractivity contribution in [3.8, 4) is 0 Å². The normalized spacial score (nSPS) is 31.4. The maximum Gasteiger partial charge on any atom is 0.325 e. The fraction of sp³-hybridized carbons (Fsp3) is 0.850. The SMILES string of the molecule is CCC(C)(C)C1CCC2(CC1)NC(=O)N(CC(=O)NC[C@@H]1CCCO1)C2=O. The molecule has 0 aromatic carbocycles. The highest BCUT2D eigenvalue weighted by molar-refractivity contribution is 6.09. The number of amides is 4. The van der Waals surface area contributed by atoms with Crippen molar-refractivity contribution in [2.45, 2.75) is 77.4 Å². The van der Waals surface area contributed by atoms with Crippen LogP contribution in [0.15, 0.2) is 0 Å². The molecule has 7 nitrogen and oxygen atoms in total. The average molecular weight is 380 g/mol. The van der Waals surface area contributed by atoms with Crippen LogP contribution >= 0.6 is 0 Å². The number of hydrogen-bond donors (Lipinski definition) is 2. The Morgan fingerprint density at radius 3 is 2.59 bits per heavy atom. The van der Waals surface area contributed by atoms with E-state index in [-0.39, 0.29) is 29.9 Å². The van der Waals surface area contributed by atoms with Crippen LogP contribution in [0.3, 0.4) is 0 Å². The topological polar surface area (TPSA) is 87.7 Å². The number of nitrogens with one attached hydrogen (secondary N) is 2. The van der Waals surface area contributed by atoms with E-state index >= 15 is 0 Å². The summed E-state index contributed by atoms with van der Waals surface area (Å²) >= 11 is 0. The molecule has 0 unspecified atom stereocenters. The van der Waals surface area contributed by atoms with E-state index in [1.807, 2.05) is 0 Å². The van der Waals surface area contributed by atoms with Gasteiger partial charge in [-0.05, 0) is 49.9 Å². The molecule has 2 heterocycles. The zero-order valence-electron chi connectivity index (χ0n) is 16.8. The van der Waals surface area contributed by atoms with Crippen LogP contribution in [0.2, 0.25) is 0 Å². The highest BCUT2D eigenvalue weighted by atomic mass is 16.5. The highest BCUT2D eigenvalue weighted by Gasteiger charge is 2.53. The molecule has 7 heteroatoms. The van der Waals surface area contributed by atoms with Crippen LogP contribution in [0.1, 0.15) is 65.7 Å². The van der Waals surface area contributed by atoms with Gasteiger partial charge >= 0.3 is 6.03 Å². The van der Waals surface area contributed by atoms with Gasteiger partial charge in [-0.25, -0.2) is 4.79 Å². The van der Waals surface area contributed by atoms with Gasteiger partial charge in [0.25, 0.3) is 5.91 Å². The zero-order valence-corrected chi connectivity index (χ0v) is 16.8. The summed E-state index contributed by atoms with van der Waals surface area (Å²) in [5.41, 5.74) is -0.568. The minimum atomic E-state index is -0.813. The Labute approximate surface area is 161 Å². The molecular formula is C20H33N3O4. The van der Waals surface area contributed by atoms with Crippen molar-refractivity contribution in [3.63, 3.8) is 0 Å². The third kappa shape index (κ3) is 4.13. The second-order valence-electron chi connectivity index (χ2n) is 8.96. The lowest BCUT2D eigenvalue weighted by Crippen LogP contribution is -2.51. The third-order valence-corrected chi connectivity index (χ3v) is 6.95. The number of hydrogen-bond acceptors (Lipinski definition) is 4. The van der Waals surface area contributed by atoms with E-state index in [2.05, 4.69) is 31.4 Å². The van der Waals surface area contributed by atoms with Crippen molar-refractivity contribution in [1.82, 2.24) is 15.5 Å². The predicted molar refractivity (Wildman–Crippen MR) is 101 cm³/mol. The Morgan fingerprint density at radius 2 is 2.00 bits per heavy atom. The number of ether oxygens (including phenoxy) is 1. The van der Waals surface area contributed by atoms with E-state index in [9.17, 15) is 14.4 Å². The van der Waals surface area contributed by atoms with Gasteiger partial charge in [-0.2, -0.15) is 0 Å². The summed E-state index contributed by atoms with van der Waals surface area (Å²) in [5.74, 6) is 0.000889. The van der Waals surface area contributed by atoms with E-state index < -0.39 is 11.6 Å². The summed E-state index contributed by atoms with van der Waals surface area (Å²) in [7, 11) is 0. The average Bonchev–Trinajstić information content (AvgIpc) is 3.24. The maximum absolute atomic E-state index is 13.0. The molecule has 3 fully saturated rings. The molecule has 1 atom stereocenters. The van der Waals surface area contributed by atoms with Gasteiger partial charge in [-0.3, -0.25) is 14.5 Å². The van der Waals surface area contributed by atoms with Crippen LogP contribution in [0.4, 0.5) is 4.79 Å². The monoisotopic (exact) mass is 379 g/mol. The Hall–Kier alpha value is -1.63. The van der Waals surface area contributed by atoms with Crippen molar-refractivity contribution < 1.29 is 19.1 Å². The lowest BCUT2D eigenvalue weighted by Gasteiger charge is -2.42. The zero-order chi connectivity index (χ0) is 19.7. The molecule has 0 aromatic heterocycles. The van der Waals surface area contributed by atoms with Gasteiger partial charge in [0.05, 0.1) is 6.10 Å². The number of urea groups is 1. The quantitative estimate of drug-likeness (QED) is 0.693. The molecule has 3 aliphatic rings. The van der Waals surface area contributed by atoms with Crippen LogP contribution in [0, 0.1) is 11.3 Å². The Balaban J connectivity index is 1.54. The number of carbonyl (C=O) groups is 3. The number of carbonyl (C=O) groups excluding carboxylic acids is 3.